The number of ether oxygens (including phenoxy) is 1. The predicted molar refractivity (Wildman–Crippen MR) is 364 cm³/mol. The zero-order valence-electron chi connectivity index (χ0n) is 50.2. The molecular formula is C72H90N4OP4. The zero-order chi connectivity index (χ0) is 57.2. The minimum Gasteiger partial charge on any atom is -0.351 e. The first-order valence-electron chi connectivity index (χ1n) is 29.9. The standard InChI is InChI=1S/C72H90N4OP4/c1-11-73(12-2)51-55-35-43-59(44-36-55)63-27-19-23-31-67(63)78-71(9,79-68-32-24-20-28-64(68)60-45-37-56(38-46-60)52-74(13-3)14-4)77-72(10,80-69-33-25-21-29-65(69)61-47-39-57(40-48-61)53-75(15-5)16-6)81-70-34-26-22-30-66(70)62-49-41-58(42-50-62)54-76(17-7)18-8/h19-50,78-81H,11-18,51-54H2,1-10H3. The molecule has 0 radical (unpaired) electrons. The van der Waals surface area contributed by atoms with Crippen LogP contribution in [-0.2, 0) is 30.9 Å². The molecule has 0 amide bonds. The van der Waals surface area contributed by atoms with Gasteiger partial charge in [-0.2, -0.15) is 0 Å². The van der Waals surface area contributed by atoms with Crippen LogP contribution in [0.2, 0.25) is 0 Å². The molecule has 9 heteroatoms. The average Bonchev–Trinajstić information content (AvgIpc) is 3.50. The Hall–Kier alpha value is -4.72. The highest BCUT2D eigenvalue weighted by atomic mass is 31.1. The van der Waals surface area contributed by atoms with Gasteiger partial charge in [0.2, 0.25) is 0 Å². The van der Waals surface area contributed by atoms with Crippen molar-refractivity contribution < 1.29 is 4.74 Å². The van der Waals surface area contributed by atoms with Crippen LogP contribution in [0.25, 0.3) is 44.5 Å². The number of rotatable bonds is 30. The Bertz CT molecular complexity index is 2750. The molecule has 0 saturated carbocycles. The van der Waals surface area contributed by atoms with Crippen molar-refractivity contribution in [2.45, 2.75) is 106 Å². The van der Waals surface area contributed by atoms with Gasteiger partial charge in [-0.1, -0.05) is 284 Å². The number of hydrogen-bond donors (Lipinski definition) is 0. The highest BCUT2D eigenvalue weighted by molar-refractivity contribution is 7.68. The van der Waals surface area contributed by atoms with E-state index in [1.165, 1.54) is 88.0 Å². The summed E-state index contributed by atoms with van der Waals surface area (Å²) in [7, 11) is 1.38. The van der Waals surface area contributed by atoms with E-state index in [0.29, 0.717) is 34.3 Å². The molecule has 4 atom stereocenters. The van der Waals surface area contributed by atoms with Crippen molar-refractivity contribution in [3.63, 3.8) is 0 Å². The van der Waals surface area contributed by atoms with Crippen LogP contribution in [0.4, 0.5) is 0 Å². The summed E-state index contributed by atoms with van der Waals surface area (Å²) in [6.45, 7) is 35.0. The van der Waals surface area contributed by atoms with Crippen molar-refractivity contribution >= 4 is 55.5 Å². The zero-order valence-corrected chi connectivity index (χ0v) is 54.2. The molecule has 8 aromatic carbocycles. The van der Waals surface area contributed by atoms with E-state index in [1.807, 2.05) is 0 Å². The SMILES string of the molecule is CCN(CC)Cc1ccc(-c2ccccc2PC(C)(OC(C)(Pc2ccccc2-c2ccc(CN(CC)CC)cc2)Pc2ccccc2-c2ccc(CN(CC)CC)cc2)Pc2ccccc2-c2ccc(CN(CC)CC)cc2)cc1. The van der Waals surface area contributed by atoms with Crippen molar-refractivity contribution in [2.24, 2.45) is 0 Å². The predicted octanol–water partition coefficient (Wildman–Crippen LogP) is 16.4. The van der Waals surface area contributed by atoms with Crippen molar-refractivity contribution in [2.75, 3.05) is 52.4 Å². The van der Waals surface area contributed by atoms with Gasteiger partial charge in [-0.15, -0.1) is 0 Å². The maximum atomic E-state index is 8.38. The van der Waals surface area contributed by atoms with Gasteiger partial charge in [-0.25, -0.2) is 0 Å². The Kier molecular flexibility index (Phi) is 23.6. The van der Waals surface area contributed by atoms with Crippen LogP contribution in [0.15, 0.2) is 194 Å². The van der Waals surface area contributed by atoms with Gasteiger partial charge in [-0.05, 0) is 154 Å². The van der Waals surface area contributed by atoms with Gasteiger partial charge in [0.25, 0.3) is 0 Å². The third-order valence-corrected chi connectivity index (χ3v) is 22.5. The summed E-state index contributed by atoms with van der Waals surface area (Å²) in [6, 6.07) is 73.9. The lowest BCUT2D eigenvalue weighted by atomic mass is 10.0. The van der Waals surface area contributed by atoms with E-state index in [4.69, 9.17) is 4.74 Å². The van der Waals surface area contributed by atoms with Crippen LogP contribution in [0.5, 0.6) is 0 Å². The third kappa shape index (κ3) is 17.2. The van der Waals surface area contributed by atoms with Crippen molar-refractivity contribution in [3.05, 3.63) is 216 Å². The van der Waals surface area contributed by atoms with E-state index in [2.05, 4.69) is 283 Å². The summed E-state index contributed by atoms with van der Waals surface area (Å²) in [5.41, 5.74) is 15.5. The van der Waals surface area contributed by atoms with Gasteiger partial charge in [0, 0.05) is 26.2 Å². The van der Waals surface area contributed by atoms with Crippen LogP contribution >= 0.6 is 34.3 Å². The van der Waals surface area contributed by atoms with Gasteiger partial charge >= 0.3 is 0 Å². The fourth-order valence-electron chi connectivity index (χ4n) is 11.0. The summed E-state index contributed by atoms with van der Waals surface area (Å²) in [4.78, 5) is 9.93. The van der Waals surface area contributed by atoms with Crippen molar-refractivity contribution in [1.29, 1.82) is 0 Å². The molecule has 8 aromatic rings. The molecule has 0 spiro atoms. The molecule has 0 aliphatic carbocycles. The van der Waals surface area contributed by atoms with Crippen LogP contribution < -0.4 is 21.2 Å². The van der Waals surface area contributed by atoms with Gasteiger partial charge < -0.3 is 4.74 Å². The molecule has 0 aromatic heterocycles. The summed E-state index contributed by atoms with van der Waals surface area (Å²) >= 11 is 0. The molecule has 0 fully saturated rings. The normalized spacial score (nSPS) is 13.9. The quantitative estimate of drug-likeness (QED) is 0.0417. The fourth-order valence-corrected chi connectivity index (χ4v) is 18.7. The second-order valence-electron chi connectivity index (χ2n) is 21.5. The molecule has 424 valence electrons. The molecule has 0 bridgehead atoms. The Morgan fingerprint density at radius 1 is 0.272 bits per heavy atom. The van der Waals surface area contributed by atoms with E-state index < -0.39 is 10.2 Å². The maximum absolute atomic E-state index is 8.38. The topological polar surface area (TPSA) is 22.2 Å². The Morgan fingerprint density at radius 2 is 0.457 bits per heavy atom. The van der Waals surface area contributed by atoms with E-state index in [1.54, 1.807) is 0 Å². The molecule has 0 saturated heterocycles. The highest BCUT2D eigenvalue weighted by Crippen LogP contribution is 2.58. The van der Waals surface area contributed by atoms with Gasteiger partial charge in [-0.3, -0.25) is 19.6 Å². The van der Waals surface area contributed by atoms with E-state index in [9.17, 15) is 0 Å². The lowest BCUT2D eigenvalue weighted by molar-refractivity contribution is 0.0630. The summed E-state index contributed by atoms with van der Waals surface area (Å²) in [6.07, 6.45) is 0. The maximum Gasteiger partial charge on any atom is 0.107 e. The largest absolute Gasteiger partial charge is 0.351 e. The molecule has 4 unspecified atom stereocenters. The van der Waals surface area contributed by atoms with Gasteiger partial charge in [0.15, 0.2) is 0 Å². The van der Waals surface area contributed by atoms with Gasteiger partial charge in [0.05, 0.1) is 0 Å². The van der Waals surface area contributed by atoms with Crippen LogP contribution in [0.1, 0.15) is 91.5 Å². The molecule has 0 aliphatic rings. The first kappa shape index (κ1) is 62.3. The molecule has 5 nitrogen and oxygen atoms in total. The van der Waals surface area contributed by atoms with Crippen molar-refractivity contribution in [3.8, 4) is 44.5 Å². The van der Waals surface area contributed by atoms with Crippen molar-refractivity contribution in [1.82, 2.24) is 19.6 Å². The molecule has 0 N–H and O–H groups in total. The summed E-state index contributed by atoms with van der Waals surface area (Å²) < 4.78 is 8.38. The second kappa shape index (κ2) is 30.7. The Labute approximate surface area is 495 Å². The minimum absolute atomic E-state index is 0.345. The molecule has 0 aliphatic heterocycles. The molecule has 81 heavy (non-hydrogen) atoms. The summed E-state index contributed by atoms with van der Waals surface area (Å²) in [5, 5.41) is 4.10. The molecule has 8 rings (SSSR count). The number of hydrogen-bond acceptors (Lipinski definition) is 5. The average molecular weight is 1150 g/mol. The fraction of sp³-hybridized carbons (Fsp3) is 0.333. The first-order valence-corrected chi connectivity index (χ1v) is 33.9. The van der Waals surface area contributed by atoms with E-state index in [-0.39, 0.29) is 0 Å². The Morgan fingerprint density at radius 3 is 0.642 bits per heavy atom. The molecular weight excluding hydrogens is 1060 g/mol. The molecule has 0 heterocycles. The lowest BCUT2D eigenvalue weighted by Gasteiger charge is -2.42. The smallest absolute Gasteiger partial charge is 0.107 e. The van der Waals surface area contributed by atoms with E-state index in [0.717, 1.165) is 78.5 Å². The monoisotopic (exact) mass is 1150 g/mol. The first-order chi connectivity index (χ1) is 39.4. The second-order valence-corrected chi connectivity index (χ2v) is 29.5. The van der Waals surface area contributed by atoms with Crippen LogP contribution in [0, 0.1) is 0 Å². The van der Waals surface area contributed by atoms with E-state index >= 15 is 0 Å². The number of benzene rings is 8. The minimum atomic E-state index is -0.603. The third-order valence-electron chi connectivity index (χ3n) is 15.9. The van der Waals surface area contributed by atoms with Crippen LogP contribution in [-0.4, -0.2) is 82.1 Å². The number of nitrogens with zero attached hydrogens (tertiary/aromatic N) is 4. The summed E-state index contributed by atoms with van der Waals surface area (Å²) in [5.74, 6) is 0. The van der Waals surface area contributed by atoms with Gasteiger partial charge in [0.1, 0.15) is 10.2 Å². The Balaban J connectivity index is 1.24. The van der Waals surface area contributed by atoms with Crippen LogP contribution in [0.3, 0.4) is 0 Å². The lowest BCUT2D eigenvalue weighted by Crippen LogP contribution is -2.35. The highest BCUT2D eigenvalue weighted by Gasteiger charge is 2.39.